The highest BCUT2D eigenvalue weighted by Crippen LogP contribution is 2.43. The van der Waals surface area contributed by atoms with Crippen LogP contribution in [0.3, 0.4) is 0 Å². The minimum absolute atomic E-state index is 0.0559. The lowest BCUT2D eigenvalue weighted by Gasteiger charge is -2.17. The van der Waals surface area contributed by atoms with E-state index in [4.69, 9.17) is 0 Å². The number of amides is 1. The fourth-order valence-corrected chi connectivity index (χ4v) is 1.46. The van der Waals surface area contributed by atoms with E-state index in [1.807, 2.05) is 0 Å². The van der Waals surface area contributed by atoms with E-state index in [0.717, 1.165) is 0 Å². The van der Waals surface area contributed by atoms with Gasteiger partial charge in [-0.15, -0.1) is 0 Å². The van der Waals surface area contributed by atoms with E-state index in [9.17, 15) is 41.3 Å². The van der Waals surface area contributed by atoms with Gasteiger partial charge in [0.1, 0.15) is 0 Å². The summed E-state index contributed by atoms with van der Waals surface area (Å²) in [5.74, 6) is -1.86. The number of non-ortho nitro benzene ring substituents is 1. The van der Waals surface area contributed by atoms with Crippen molar-refractivity contribution in [3.63, 3.8) is 0 Å². The van der Waals surface area contributed by atoms with Gasteiger partial charge in [0.25, 0.3) is 5.69 Å². The van der Waals surface area contributed by atoms with Crippen molar-refractivity contribution in [2.24, 2.45) is 5.73 Å². The van der Waals surface area contributed by atoms with Crippen molar-refractivity contribution < 1.29 is 36.1 Å². The summed E-state index contributed by atoms with van der Waals surface area (Å²) in [6.45, 7) is 0. The summed E-state index contributed by atoms with van der Waals surface area (Å²) in [6.07, 6.45) is -11.1. The summed E-state index contributed by atoms with van der Waals surface area (Å²) < 4.78 is 75.7. The minimum Gasteiger partial charge on any atom is -0.366 e. The molecular formula is C9H4F6N2O3. The first-order chi connectivity index (χ1) is 8.85. The van der Waals surface area contributed by atoms with E-state index in [2.05, 4.69) is 5.73 Å². The second kappa shape index (κ2) is 4.65. The monoisotopic (exact) mass is 302 g/mol. The number of primary amides is 1. The Morgan fingerprint density at radius 3 is 1.90 bits per heavy atom. The largest absolute Gasteiger partial charge is 0.417 e. The Labute approximate surface area is 106 Å². The molecule has 0 saturated heterocycles. The third kappa shape index (κ3) is 2.97. The van der Waals surface area contributed by atoms with Gasteiger partial charge in [-0.05, 0) is 0 Å². The summed E-state index contributed by atoms with van der Waals surface area (Å²) in [5.41, 5.74) is -3.05. The van der Waals surface area contributed by atoms with E-state index >= 15 is 0 Å². The zero-order valence-electron chi connectivity index (χ0n) is 9.17. The van der Waals surface area contributed by atoms with Crippen molar-refractivity contribution in [2.45, 2.75) is 12.4 Å². The Morgan fingerprint density at radius 1 is 1.10 bits per heavy atom. The molecule has 0 saturated carbocycles. The maximum Gasteiger partial charge on any atom is 0.417 e. The number of halogens is 6. The van der Waals surface area contributed by atoms with Gasteiger partial charge in [-0.25, -0.2) is 0 Å². The minimum atomic E-state index is -5.55. The second-order valence-corrected chi connectivity index (χ2v) is 3.53. The molecule has 0 atom stereocenters. The van der Waals surface area contributed by atoms with Gasteiger partial charge in [0.15, 0.2) is 0 Å². The zero-order chi connectivity index (χ0) is 15.9. The van der Waals surface area contributed by atoms with Gasteiger partial charge in [-0.1, -0.05) is 0 Å². The number of benzene rings is 1. The number of rotatable bonds is 2. The molecule has 0 aliphatic carbocycles. The Bertz CT molecular complexity index is 578. The van der Waals surface area contributed by atoms with E-state index in [-0.39, 0.29) is 12.1 Å². The molecule has 5 nitrogen and oxygen atoms in total. The third-order valence-corrected chi connectivity index (χ3v) is 2.19. The fourth-order valence-electron chi connectivity index (χ4n) is 1.46. The Balaban J connectivity index is 3.87. The number of alkyl halides is 6. The number of nitro groups is 1. The molecule has 2 N–H and O–H groups in total. The SMILES string of the molecule is NC(=O)c1cc([N+](=O)[O-])cc(C(F)(F)F)c1C(F)(F)F. The molecular weight excluding hydrogens is 298 g/mol. The van der Waals surface area contributed by atoms with Crippen LogP contribution in [0.25, 0.3) is 0 Å². The zero-order valence-corrected chi connectivity index (χ0v) is 9.17. The summed E-state index contributed by atoms with van der Waals surface area (Å²) in [6, 6.07) is -0.240. The molecule has 20 heavy (non-hydrogen) atoms. The molecule has 0 aliphatic heterocycles. The smallest absolute Gasteiger partial charge is 0.366 e. The van der Waals surface area contributed by atoms with Crippen LogP contribution in [0.2, 0.25) is 0 Å². The maximum absolute atomic E-state index is 12.7. The van der Waals surface area contributed by atoms with Crippen LogP contribution in [-0.2, 0) is 12.4 Å². The first-order valence-corrected chi connectivity index (χ1v) is 4.62. The quantitative estimate of drug-likeness (QED) is 0.517. The average molecular weight is 302 g/mol. The van der Waals surface area contributed by atoms with Gasteiger partial charge < -0.3 is 5.73 Å². The molecule has 0 spiro atoms. The average Bonchev–Trinajstić information content (AvgIpc) is 2.24. The maximum atomic E-state index is 12.7. The van der Waals surface area contributed by atoms with Crippen molar-refractivity contribution in [1.29, 1.82) is 0 Å². The van der Waals surface area contributed by atoms with E-state index in [1.165, 1.54) is 0 Å². The van der Waals surface area contributed by atoms with Crippen LogP contribution in [0.1, 0.15) is 21.5 Å². The van der Waals surface area contributed by atoms with Crippen LogP contribution in [0.5, 0.6) is 0 Å². The Hall–Kier alpha value is -2.33. The topological polar surface area (TPSA) is 86.2 Å². The predicted molar refractivity (Wildman–Crippen MR) is 51.6 cm³/mol. The number of hydrogen-bond acceptors (Lipinski definition) is 3. The first kappa shape index (κ1) is 15.7. The number of nitrogens with zero attached hydrogens (tertiary/aromatic N) is 1. The molecule has 1 aromatic carbocycles. The van der Waals surface area contributed by atoms with E-state index in [0.29, 0.717) is 0 Å². The molecule has 1 aromatic rings. The molecule has 1 rings (SSSR count). The van der Waals surface area contributed by atoms with Crippen LogP contribution in [0, 0.1) is 10.1 Å². The highest BCUT2D eigenvalue weighted by Gasteiger charge is 2.47. The fraction of sp³-hybridized carbons (Fsp3) is 0.222. The predicted octanol–water partition coefficient (Wildman–Crippen LogP) is 2.73. The van der Waals surface area contributed by atoms with Crippen LogP contribution < -0.4 is 5.73 Å². The van der Waals surface area contributed by atoms with Crippen LogP contribution in [0.15, 0.2) is 12.1 Å². The van der Waals surface area contributed by atoms with Crippen molar-refractivity contribution >= 4 is 11.6 Å². The molecule has 1 amide bonds. The van der Waals surface area contributed by atoms with Gasteiger partial charge in [0.2, 0.25) is 5.91 Å². The van der Waals surface area contributed by atoms with Crippen molar-refractivity contribution in [3.05, 3.63) is 38.9 Å². The lowest BCUT2D eigenvalue weighted by molar-refractivity contribution is -0.385. The molecule has 0 fully saturated rings. The molecule has 0 unspecified atom stereocenters. The number of nitrogens with two attached hydrogens (primary N) is 1. The van der Waals surface area contributed by atoms with Crippen molar-refractivity contribution in [2.75, 3.05) is 0 Å². The van der Waals surface area contributed by atoms with Crippen molar-refractivity contribution in [1.82, 2.24) is 0 Å². The van der Waals surface area contributed by atoms with Crippen LogP contribution in [-0.4, -0.2) is 10.8 Å². The number of nitro benzene ring substituents is 1. The standard InChI is InChI=1S/C9H4F6N2O3/c10-8(11,12)5-2-3(17(19)20)1-4(7(16)18)6(5)9(13,14)15/h1-2H,(H2,16,18). The summed E-state index contributed by atoms with van der Waals surface area (Å²) in [4.78, 5) is 19.9. The second-order valence-electron chi connectivity index (χ2n) is 3.53. The van der Waals surface area contributed by atoms with Gasteiger partial charge in [-0.2, -0.15) is 26.3 Å². The lowest BCUT2D eigenvalue weighted by atomic mass is 9.98. The molecule has 110 valence electrons. The number of carbonyl (C=O) groups is 1. The number of hydrogen-bond donors (Lipinski definition) is 1. The van der Waals surface area contributed by atoms with E-state index < -0.39 is 45.6 Å². The highest BCUT2D eigenvalue weighted by atomic mass is 19.4. The molecule has 0 bridgehead atoms. The highest BCUT2D eigenvalue weighted by molar-refractivity contribution is 5.95. The van der Waals surface area contributed by atoms with E-state index in [1.54, 1.807) is 0 Å². The number of carbonyl (C=O) groups excluding carboxylic acids is 1. The summed E-state index contributed by atoms with van der Waals surface area (Å²) in [7, 11) is 0. The van der Waals surface area contributed by atoms with Crippen molar-refractivity contribution in [3.8, 4) is 0 Å². The molecule has 11 heteroatoms. The summed E-state index contributed by atoms with van der Waals surface area (Å²) >= 11 is 0. The molecule has 0 aliphatic rings. The van der Waals surface area contributed by atoms with Gasteiger partial charge in [-0.3, -0.25) is 14.9 Å². The van der Waals surface area contributed by atoms with Crippen LogP contribution in [0.4, 0.5) is 32.0 Å². The van der Waals surface area contributed by atoms with Gasteiger partial charge in [0.05, 0.1) is 21.6 Å². The first-order valence-electron chi connectivity index (χ1n) is 4.62. The third-order valence-electron chi connectivity index (χ3n) is 2.19. The van der Waals surface area contributed by atoms with Gasteiger partial charge >= 0.3 is 12.4 Å². The lowest BCUT2D eigenvalue weighted by Crippen LogP contribution is -2.24. The Morgan fingerprint density at radius 2 is 1.60 bits per heavy atom. The van der Waals surface area contributed by atoms with Gasteiger partial charge in [0, 0.05) is 12.1 Å². The molecule has 0 radical (unpaired) electrons. The molecule has 0 aromatic heterocycles. The molecule has 0 heterocycles. The normalized spacial score (nSPS) is 12.3. The van der Waals surface area contributed by atoms with Crippen LogP contribution >= 0.6 is 0 Å². The summed E-state index contributed by atoms with van der Waals surface area (Å²) in [5, 5.41) is 10.4. The Kier molecular flexibility index (Phi) is 3.66.